The molecule has 0 radical (unpaired) electrons. The van der Waals surface area contributed by atoms with E-state index in [1.54, 1.807) is 6.20 Å². The number of amides is 2. The maximum atomic E-state index is 13.2. The fourth-order valence-electron chi connectivity index (χ4n) is 4.32. The van der Waals surface area contributed by atoms with Crippen LogP contribution in [-0.4, -0.2) is 41.3 Å². The van der Waals surface area contributed by atoms with E-state index < -0.39 is 5.41 Å². The van der Waals surface area contributed by atoms with E-state index in [9.17, 15) is 9.59 Å². The van der Waals surface area contributed by atoms with Crippen molar-refractivity contribution in [3.63, 3.8) is 0 Å². The van der Waals surface area contributed by atoms with Crippen LogP contribution in [0.4, 0.5) is 0 Å². The smallest absolute Gasteiger partial charge is 0.228 e. The van der Waals surface area contributed by atoms with Crippen LogP contribution in [0.15, 0.2) is 48.8 Å². The molecule has 2 amide bonds. The summed E-state index contributed by atoms with van der Waals surface area (Å²) < 4.78 is 0. The Balaban J connectivity index is 1.95. The standard InChI is InChI=1S/C24H31N3O2/c1-3-9-22(28)27-15-8-13-24(18-27,23(29)26-4-2)16-19-10-5-6-12-21(19)20-11-7-14-25-17-20/h5-7,10-12,14,17H,3-4,8-9,13,15-16,18H2,1-2H3,(H,26,29). The van der Waals surface area contributed by atoms with E-state index in [-0.39, 0.29) is 11.8 Å². The third-order valence-electron chi connectivity index (χ3n) is 5.73. The predicted octanol–water partition coefficient (Wildman–Crippen LogP) is 3.84. The van der Waals surface area contributed by atoms with Gasteiger partial charge in [-0.1, -0.05) is 37.3 Å². The molecule has 1 atom stereocenters. The van der Waals surface area contributed by atoms with Crippen molar-refractivity contribution >= 4 is 11.8 Å². The monoisotopic (exact) mass is 393 g/mol. The summed E-state index contributed by atoms with van der Waals surface area (Å²) in [5.74, 6) is 0.205. The number of rotatable bonds is 7. The first-order valence-corrected chi connectivity index (χ1v) is 10.6. The summed E-state index contributed by atoms with van der Waals surface area (Å²) in [5, 5.41) is 3.04. The zero-order valence-electron chi connectivity index (χ0n) is 17.5. The van der Waals surface area contributed by atoms with E-state index in [1.807, 2.05) is 49.2 Å². The topological polar surface area (TPSA) is 62.3 Å². The Hall–Kier alpha value is -2.69. The lowest BCUT2D eigenvalue weighted by atomic mass is 9.73. The van der Waals surface area contributed by atoms with Crippen LogP contribution in [0.1, 0.15) is 45.1 Å². The molecule has 1 aliphatic heterocycles. The number of hydrogen-bond donors (Lipinski definition) is 1. The van der Waals surface area contributed by atoms with Crippen molar-refractivity contribution < 1.29 is 9.59 Å². The lowest BCUT2D eigenvalue weighted by Crippen LogP contribution is -2.54. The summed E-state index contributed by atoms with van der Waals surface area (Å²) in [6.07, 6.45) is 7.23. The van der Waals surface area contributed by atoms with Gasteiger partial charge in [0.05, 0.1) is 5.41 Å². The Kier molecular flexibility index (Phi) is 7.02. The molecule has 1 N–H and O–H groups in total. The zero-order valence-corrected chi connectivity index (χ0v) is 17.5. The van der Waals surface area contributed by atoms with Crippen LogP contribution in [0.2, 0.25) is 0 Å². The summed E-state index contributed by atoms with van der Waals surface area (Å²) in [5.41, 5.74) is 2.66. The first-order valence-electron chi connectivity index (χ1n) is 10.6. The van der Waals surface area contributed by atoms with Crippen LogP contribution < -0.4 is 5.32 Å². The fourth-order valence-corrected chi connectivity index (χ4v) is 4.32. The van der Waals surface area contributed by atoms with Crippen molar-refractivity contribution in [2.24, 2.45) is 5.41 Å². The number of aromatic nitrogens is 1. The van der Waals surface area contributed by atoms with Crippen molar-refractivity contribution in [2.75, 3.05) is 19.6 Å². The van der Waals surface area contributed by atoms with E-state index in [0.29, 0.717) is 25.9 Å². The molecule has 1 aromatic carbocycles. The molecule has 2 aromatic rings. The summed E-state index contributed by atoms with van der Waals surface area (Å²) in [6, 6.07) is 12.2. The van der Waals surface area contributed by atoms with E-state index >= 15 is 0 Å². The predicted molar refractivity (Wildman–Crippen MR) is 115 cm³/mol. The van der Waals surface area contributed by atoms with Gasteiger partial charge >= 0.3 is 0 Å². The highest BCUT2D eigenvalue weighted by atomic mass is 16.2. The number of nitrogens with one attached hydrogen (secondary N) is 1. The number of benzene rings is 1. The van der Waals surface area contributed by atoms with Gasteiger partial charge in [-0.25, -0.2) is 0 Å². The van der Waals surface area contributed by atoms with Gasteiger partial charge in [-0.2, -0.15) is 0 Å². The average molecular weight is 394 g/mol. The Labute approximate surface area is 173 Å². The SMILES string of the molecule is CCCC(=O)N1CCCC(Cc2ccccc2-c2cccnc2)(C(=O)NCC)C1. The van der Waals surface area contributed by atoms with Gasteiger partial charge in [0.25, 0.3) is 0 Å². The molecule has 0 saturated carbocycles. The molecular weight excluding hydrogens is 362 g/mol. The van der Waals surface area contributed by atoms with E-state index in [4.69, 9.17) is 0 Å². The number of pyridine rings is 1. The van der Waals surface area contributed by atoms with E-state index in [0.717, 1.165) is 42.5 Å². The minimum Gasteiger partial charge on any atom is -0.356 e. The second-order valence-corrected chi connectivity index (χ2v) is 7.88. The molecule has 5 nitrogen and oxygen atoms in total. The average Bonchev–Trinajstić information content (AvgIpc) is 2.75. The molecule has 1 fully saturated rings. The third-order valence-corrected chi connectivity index (χ3v) is 5.73. The molecule has 0 spiro atoms. The second kappa shape index (κ2) is 9.68. The number of carbonyl (C=O) groups is 2. The Bertz CT molecular complexity index is 837. The normalized spacial score (nSPS) is 19.0. The molecule has 1 unspecified atom stereocenters. The number of piperidine rings is 1. The van der Waals surface area contributed by atoms with Gasteiger partial charge in [-0.05, 0) is 49.8 Å². The summed E-state index contributed by atoms with van der Waals surface area (Å²) in [6.45, 7) is 5.78. The number of nitrogens with zero attached hydrogens (tertiary/aromatic N) is 2. The molecule has 1 saturated heterocycles. The number of hydrogen-bond acceptors (Lipinski definition) is 3. The maximum Gasteiger partial charge on any atom is 0.228 e. The van der Waals surface area contributed by atoms with Gasteiger partial charge in [0.2, 0.25) is 11.8 Å². The summed E-state index contributed by atoms with van der Waals surface area (Å²) in [4.78, 5) is 32.0. The highest BCUT2D eigenvalue weighted by molar-refractivity contribution is 5.85. The number of carbonyl (C=O) groups excluding carboxylic acids is 2. The van der Waals surface area contributed by atoms with Gasteiger partial charge in [0.1, 0.15) is 0 Å². The molecule has 1 aromatic heterocycles. The molecule has 3 rings (SSSR count). The zero-order chi connectivity index (χ0) is 20.7. The minimum atomic E-state index is -0.601. The second-order valence-electron chi connectivity index (χ2n) is 7.88. The summed E-state index contributed by atoms with van der Waals surface area (Å²) in [7, 11) is 0. The highest BCUT2D eigenvalue weighted by Gasteiger charge is 2.43. The molecule has 0 aliphatic carbocycles. The van der Waals surface area contributed by atoms with Gasteiger partial charge in [0.15, 0.2) is 0 Å². The largest absolute Gasteiger partial charge is 0.356 e. The van der Waals surface area contributed by atoms with Crippen LogP contribution in [-0.2, 0) is 16.0 Å². The molecule has 29 heavy (non-hydrogen) atoms. The first kappa shape index (κ1) is 21.0. The minimum absolute atomic E-state index is 0.0509. The lowest BCUT2D eigenvalue weighted by molar-refractivity contribution is -0.141. The van der Waals surface area contributed by atoms with Crippen LogP contribution in [0.5, 0.6) is 0 Å². The van der Waals surface area contributed by atoms with E-state index in [1.165, 1.54) is 0 Å². The van der Waals surface area contributed by atoms with Gasteiger partial charge in [0, 0.05) is 44.0 Å². The third kappa shape index (κ3) is 4.84. The molecule has 154 valence electrons. The van der Waals surface area contributed by atoms with Crippen molar-refractivity contribution in [3.8, 4) is 11.1 Å². The van der Waals surface area contributed by atoms with Gasteiger partial charge in [-0.3, -0.25) is 14.6 Å². The van der Waals surface area contributed by atoms with Crippen molar-refractivity contribution in [1.29, 1.82) is 0 Å². The van der Waals surface area contributed by atoms with Crippen molar-refractivity contribution in [3.05, 3.63) is 54.4 Å². The first-order chi connectivity index (χ1) is 14.1. The van der Waals surface area contributed by atoms with Crippen molar-refractivity contribution in [1.82, 2.24) is 15.2 Å². The summed E-state index contributed by atoms with van der Waals surface area (Å²) >= 11 is 0. The van der Waals surface area contributed by atoms with Crippen LogP contribution in [0, 0.1) is 5.41 Å². The van der Waals surface area contributed by atoms with Gasteiger partial charge < -0.3 is 10.2 Å². The van der Waals surface area contributed by atoms with Crippen LogP contribution >= 0.6 is 0 Å². The molecule has 1 aliphatic rings. The van der Waals surface area contributed by atoms with Crippen LogP contribution in [0.3, 0.4) is 0 Å². The van der Waals surface area contributed by atoms with Crippen molar-refractivity contribution in [2.45, 2.75) is 46.0 Å². The lowest BCUT2D eigenvalue weighted by Gasteiger charge is -2.42. The Morgan fingerprint density at radius 1 is 1.17 bits per heavy atom. The Morgan fingerprint density at radius 2 is 2.00 bits per heavy atom. The maximum absolute atomic E-state index is 13.2. The molecule has 2 heterocycles. The van der Waals surface area contributed by atoms with Gasteiger partial charge in [-0.15, -0.1) is 0 Å². The Morgan fingerprint density at radius 3 is 2.72 bits per heavy atom. The molecule has 0 bridgehead atoms. The van der Waals surface area contributed by atoms with E-state index in [2.05, 4.69) is 22.4 Å². The highest BCUT2D eigenvalue weighted by Crippen LogP contribution is 2.37. The fraction of sp³-hybridized carbons (Fsp3) is 0.458. The molecular formula is C24H31N3O2. The quantitative estimate of drug-likeness (QED) is 0.777. The number of likely N-dealkylation sites (tertiary alicyclic amines) is 1. The molecule has 5 heteroatoms. The van der Waals surface area contributed by atoms with Crippen LogP contribution in [0.25, 0.3) is 11.1 Å².